The fraction of sp³-hybridized carbons (Fsp3) is 0.133. The van der Waals surface area contributed by atoms with Crippen LogP contribution in [0.4, 0.5) is 10.1 Å². The van der Waals surface area contributed by atoms with E-state index >= 15 is 0 Å². The van der Waals surface area contributed by atoms with Crippen molar-refractivity contribution in [1.82, 2.24) is 0 Å². The van der Waals surface area contributed by atoms with Crippen LogP contribution in [0, 0.1) is 12.7 Å². The maximum atomic E-state index is 13.2. The van der Waals surface area contributed by atoms with Gasteiger partial charge in [0.1, 0.15) is 5.82 Å². The lowest BCUT2D eigenvalue weighted by Crippen LogP contribution is -2.23. The van der Waals surface area contributed by atoms with Crippen molar-refractivity contribution < 1.29 is 9.18 Å². The Kier molecular flexibility index (Phi) is 2.90. The average Bonchev–Trinajstić information content (AvgIpc) is 2.70. The van der Waals surface area contributed by atoms with Crippen LogP contribution in [0.25, 0.3) is 0 Å². The van der Waals surface area contributed by atoms with Crippen molar-refractivity contribution in [3.63, 3.8) is 0 Å². The number of anilines is 1. The third-order valence-electron chi connectivity index (χ3n) is 3.41. The van der Waals surface area contributed by atoms with Gasteiger partial charge in [0.25, 0.3) is 5.91 Å². The van der Waals surface area contributed by atoms with E-state index in [1.54, 1.807) is 11.0 Å². The van der Waals surface area contributed by atoms with Crippen LogP contribution in [-0.4, -0.2) is 5.91 Å². The highest BCUT2D eigenvalue weighted by molar-refractivity contribution is 9.10. The zero-order valence-corrected chi connectivity index (χ0v) is 11.9. The molecule has 0 fully saturated rings. The van der Waals surface area contributed by atoms with E-state index in [1.807, 2.05) is 25.1 Å². The third-order valence-corrected chi connectivity index (χ3v) is 4.26. The second-order valence-electron chi connectivity index (χ2n) is 4.58. The van der Waals surface area contributed by atoms with E-state index in [0.717, 1.165) is 21.3 Å². The first kappa shape index (κ1) is 12.4. The van der Waals surface area contributed by atoms with Gasteiger partial charge in [-0.25, -0.2) is 4.39 Å². The number of benzene rings is 2. The molecule has 1 aliphatic rings. The molecule has 1 aliphatic heterocycles. The number of hydrogen-bond donors (Lipinski definition) is 0. The van der Waals surface area contributed by atoms with Crippen LogP contribution in [0.5, 0.6) is 0 Å². The van der Waals surface area contributed by atoms with Crippen LogP contribution in [0.2, 0.25) is 0 Å². The minimum atomic E-state index is -0.375. The molecular formula is C15H11BrFNO. The summed E-state index contributed by atoms with van der Waals surface area (Å²) in [5, 5.41) is 0. The summed E-state index contributed by atoms with van der Waals surface area (Å²) in [5.74, 6) is -0.518. The Morgan fingerprint density at radius 2 is 2.05 bits per heavy atom. The van der Waals surface area contributed by atoms with E-state index < -0.39 is 0 Å². The monoisotopic (exact) mass is 319 g/mol. The van der Waals surface area contributed by atoms with Crippen molar-refractivity contribution in [2.75, 3.05) is 4.90 Å². The van der Waals surface area contributed by atoms with Crippen molar-refractivity contribution in [2.24, 2.45) is 0 Å². The lowest BCUT2D eigenvalue weighted by Gasteiger charge is -2.19. The highest BCUT2D eigenvalue weighted by atomic mass is 79.9. The summed E-state index contributed by atoms with van der Waals surface area (Å²) in [7, 11) is 0. The lowest BCUT2D eigenvalue weighted by molar-refractivity contribution is 0.0996. The molecule has 1 amide bonds. The summed E-state index contributed by atoms with van der Waals surface area (Å²) in [6.07, 6.45) is 0. The second kappa shape index (κ2) is 4.46. The lowest BCUT2D eigenvalue weighted by atomic mass is 10.1. The summed E-state index contributed by atoms with van der Waals surface area (Å²) >= 11 is 3.46. The van der Waals surface area contributed by atoms with Crippen LogP contribution in [0.15, 0.2) is 40.9 Å². The highest BCUT2D eigenvalue weighted by Crippen LogP contribution is 2.33. The largest absolute Gasteiger partial charge is 0.304 e. The number of halogens is 2. The minimum absolute atomic E-state index is 0.143. The number of fused-ring (bicyclic) bond motifs is 1. The molecule has 0 aromatic heterocycles. The van der Waals surface area contributed by atoms with E-state index in [1.165, 1.54) is 12.1 Å². The number of amides is 1. The van der Waals surface area contributed by atoms with Crippen LogP contribution in [0.3, 0.4) is 0 Å². The molecular weight excluding hydrogens is 309 g/mol. The fourth-order valence-electron chi connectivity index (χ4n) is 2.36. The fourth-order valence-corrected chi connectivity index (χ4v) is 2.71. The summed E-state index contributed by atoms with van der Waals surface area (Å²) in [5.41, 5.74) is 3.19. The summed E-state index contributed by atoms with van der Waals surface area (Å²) in [6, 6.07) is 10.1. The normalized spacial score (nSPS) is 13.8. The van der Waals surface area contributed by atoms with Gasteiger partial charge in [0.2, 0.25) is 0 Å². The smallest absolute Gasteiger partial charge is 0.259 e. The molecule has 1 heterocycles. The molecule has 2 nitrogen and oxygen atoms in total. The van der Waals surface area contributed by atoms with E-state index in [2.05, 4.69) is 15.9 Å². The first-order chi connectivity index (χ1) is 9.08. The second-order valence-corrected chi connectivity index (χ2v) is 5.43. The standard InChI is InChI=1S/C15H11BrFNO/c1-9-13(16)3-2-4-14(9)18-8-10-5-6-11(17)7-12(10)15(18)19/h2-7H,8H2,1H3. The molecule has 0 saturated carbocycles. The molecule has 96 valence electrons. The average molecular weight is 320 g/mol. The Bertz CT molecular complexity index is 684. The van der Waals surface area contributed by atoms with E-state index in [-0.39, 0.29) is 11.7 Å². The van der Waals surface area contributed by atoms with Crippen LogP contribution >= 0.6 is 15.9 Å². The molecule has 3 rings (SSSR count). The maximum Gasteiger partial charge on any atom is 0.259 e. The Morgan fingerprint density at radius 1 is 1.26 bits per heavy atom. The number of nitrogens with zero attached hydrogens (tertiary/aromatic N) is 1. The molecule has 0 N–H and O–H groups in total. The van der Waals surface area contributed by atoms with E-state index in [9.17, 15) is 9.18 Å². The van der Waals surface area contributed by atoms with Gasteiger partial charge >= 0.3 is 0 Å². The van der Waals surface area contributed by atoms with Gasteiger partial charge in [-0.05, 0) is 42.3 Å². The molecule has 0 saturated heterocycles. The van der Waals surface area contributed by atoms with Crippen molar-refractivity contribution in [2.45, 2.75) is 13.5 Å². The van der Waals surface area contributed by atoms with Gasteiger partial charge in [0.15, 0.2) is 0 Å². The number of carbonyl (C=O) groups excluding carboxylic acids is 1. The molecule has 0 atom stereocenters. The topological polar surface area (TPSA) is 20.3 Å². The Balaban J connectivity index is 2.07. The van der Waals surface area contributed by atoms with Gasteiger partial charge in [0, 0.05) is 15.7 Å². The number of rotatable bonds is 1. The first-order valence-corrected chi connectivity index (χ1v) is 6.72. The molecule has 0 aliphatic carbocycles. The molecule has 0 radical (unpaired) electrons. The summed E-state index contributed by atoms with van der Waals surface area (Å²) < 4.78 is 14.2. The van der Waals surface area contributed by atoms with Gasteiger partial charge in [-0.1, -0.05) is 28.1 Å². The van der Waals surface area contributed by atoms with Crippen LogP contribution < -0.4 is 4.90 Å². The van der Waals surface area contributed by atoms with Gasteiger partial charge in [-0.15, -0.1) is 0 Å². The Hall–Kier alpha value is -1.68. The molecule has 0 spiro atoms. The van der Waals surface area contributed by atoms with Crippen molar-refractivity contribution in [1.29, 1.82) is 0 Å². The first-order valence-electron chi connectivity index (χ1n) is 5.93. The quantitative estimate of drug-likeness (QED) is 0.776. The van der Waals surface area contributed by atoms with Gasteiger partial charge < -0.3 is 4.90 Å². The summed E-state index contributed by atoms with van der Waals surface area (Å²) in [4.78, 5) is 14.0. The SMILES string of the molecule is Cc1c(Br)cccc1N1Cc2ccc(F)cc2C1=O. The molecule has 0 unspecified atom stereocenters. The van der Waals surface area contributed by atoms with Gasteiger partial charge in [-0.3, -0.25) is 4.79 Å². The van der Waals surface area contributed by atoms with Crippen molar-refractivity contribution in [3.05, 3.63) is 63.4 Å². The summed E-state index contributed by atoms with van der Waals surface area (Å²) in [6.45, 7) is 2.45. The zero-order chi connectivity index (χ0) is 13.6. The van der Waals surface area contributed by atoms with E-state index in [4.69, 9.17) is 0 Å². The third kappa shape index (κ3) is 1.96. The number of carbonyl (C=O) groups is 1. The Morgan fingerprint density at radius 3 is 2.84 bits per heavy atom. The number of hydrogen-bond acceptors (Lipinski definition) is 1. The van der Waals surface area contributed by atoms with E-state index in [0.29, 0.717) is 12.1 Å². The predicted molar refractivity (Wildman–Crippen MR) is 75.8 cm³/mol. The molecule has 2 aromatic rings. The predicted octanol–water partition coefficient (Wildman–Crippen LogP) is 4.06. The Labute approximate surface area is 119 Å². The molecule has 0 bridgehead atoms. The molecule has 2 aromatic carbocycles. The van der Waals surface area contributed by atoms with Crippen LogP contribution in [0.1, 0.15) is 21.5 Å². The zero-order valence-electron chi connectivity index (χ0n) is 10.3. The van der Waals surface area contributed by atoms with Crippen LogP contribution in [-0.2, 0) is 6.54 Å². The minimum Gasteiger partial charge on any atom is -0.304 e. The molecule has 4 heteroatoms. The van der Waals surface area contributed by atoms with Gasteiger partial charge in [0.05, 0.1) is 6.54 Å². The van der Waals surface area contributed by atoms with Crippen molar-refractivity contribution in [3.8, 4) is 0 Å². The maximum absolute atomic E-state index is 13.2. The van der Waals surface area contributed by atoms with Gasteiger partial charge in [-0.2, -0.15) is 0 Å². The highest BCUT2D eigenvalue weighted by Gasteiger charge is 2.29. The molecule has 19 heavy (non-hydrogen) atoms. The van der Waals surface area contributed by atoms with Crippen molar-refractivity contribution >= 4 is 27.5 Å².